The second-order valence-electron chi connectivity index (χ2n) is 5.01. The van der Waals surface area contributed by atoms with E-state index in [-0.39, 0.29) is 6.10 Å². The van der Waals surface area contributed by atoms with Crippen LogP contribution in [0.25, 0.3) is 0 Å². The quantitative estimate of drug-likeness (QED) is 0.803. The first-order valence-electron chi connectivity index (χ1n) is 6.99. The molecule has 2 aromatic rings. The lowest BCUT2D eigenvalue weighted by Gasteiger charge is -2.13. The number of rotatable bonds is 7. The van der Waals surface area contributed by atoms with Gasteiger partial charge in [-0.25, -0.2) is 0 Å². The third-order valence-electron chi connectivity index (χ3n) is 3.01. The molecule has 0 saturated heterocycles. The van der Waals surface area contributed by atoms with Crippen LogP contribution in [-0.2, 0) is 13.2 Å². The van der Waals surface area contributed by atoms with Crippen molar-refractivity contribution in [3.05, 3.63) is 64.1 Å². The van der Waals surface area contributed by atoms with E-state index in [1.807, 2.05) is 48.5 Å². The largest absolute Gasteiger partial charge is 0.489 e. The molecule has 1 atom stereocenters. The summed E-state index contributed by atoms with van der Waals surface area (Å²) in [6.07, 6.45) is -0.356. The molecule has 0 heterocycles. The molecule has 0 aliphatic carbocycles. The molecule has 0 saturated carbocycles. The molecule has 0 aromatic heterocycles. The summed E-state index contributed by atoms with van der Waals surface area (Å²) < 4.78 is 6.93. The normalized spacial score (nSPS) is 12.1. The van der Waals surface area contributed by atoms with Gasteiger partial charge in [-0.3, -0.25) is 0 Å². The standard InChI is InChI=1S/C17H20BrNO2/c1-13(20)10-19-11-15-9-16(18)7-8-17(15)21-12-14-5-3-2-4-6-14/h2-9,13,19-20H,10-12H2,1H3. The molecule has 4 heteroatoms. The third kappa shape index (κ3) is 5.50. The number of halogens is 1. The zero-order chi connectivity index (χ0) is 15.1. The highest BCUT2D eigenvalue weighted by molar-refractivity contribution is 9.10. The van der Waals surface area contributed by atoms with Crippen LogP contribution in [0.15, 0.2) is 53.0 Å². The van der Waals surface area contributed by atoms with E-state index in [0.29, 0.717) is 19.7 Å². The molecular formula is C17H20BrNO2. The Balaban J connectivity index is 2.00. The molecule has 0 bridgehead atoms. The maximum Gasteiger partial charge on any atom is 0.124 e. The van der Waals surface area contributed by atoms with Crippen LogP contribution in [0, 0.1) is 0 Å². The SMILES string of the molecule is CC(O)CNCc1cc(Br)ccc1OCc1ccccc1. The van der Waals surface area contributed by atoms with Crippen molar-refractivity contribution in [2.24, 2.45) is 0 Å². The number of hydrogen-bond donors (Lipinski definition) is 2. The molecule has 21 heavy (non-hydrogen) atoms. The minimum atomic E-state index is -0.356. The van der Waals surface area contributed by atoms with Crippen molar-refractivity contribution in [3.63, 3.8) is 0 Å². The van der Waals surface area contributed by atoms with Gasteiger partial charge in [-0.1, -0.05) is 46.3 Å². The number of benzene rings is 2. The van der Waals surface area contributed by atoms with Gasteiger partial charge in [-0.15, -0.1) is 0 Å². The minimum Gasteiger partial charge on any atom is -0.489 e. The summed E-state index contributed by atoms with van der Waals surface area (Å²) >= 11 is 3.48. The van der Waals surface area contributed by atoms with E-state index < -0.39 is 0 Å². The number of aliphatic hydroxyl groups is 1. The van der Waals surface area contributed by atoms with Crippen molar-refractivity contribution in [1.29, 1.82) is 0 Å². The molecule has 2 aromatic carbocycles. The van der Waals surface area contributed by atoms with E-state index in [1.165, 1.54) is 0 Å². The average molecular weight is 350 g/mol. The van der Waals surface area contributed by atoms with Gasteiger partial charge in [0, 0.05) is 23.1 Å². The van der Waals surface area contributed by atoms with Gasteiger partial charge in [-0.05, 0) is 30.7 Å². The van der Waals surface area contributed by atoms with Crippen molar-refractivity contribution >= 4 is 15.9 Å². The van der Waals surface area contributed by atoms with Crippen LogP contribution in [0.4, 0.5) is 0 Å². The van der Waals surface area contributed by atoms with Gasteiger partial charge in [0.25, 0.3) is 0 Å². The van der Waals surface area contributed by atoms with Gasteiger partial charge in [0.1, 0.15) is 12.4 Å². The highest BCUT2D eigenvalue weighted by atomic mass is 79.9. The number of ether oxygens (including phenoxy) is 1. The summed E-state index contributed by atoms with van der Waals surface area (Å²) in [4.78, 5) is 0. The molecule has 0 radical (unpaired) electrons. The summed E-state index contributed by atoms with van der Waals surface area (Å²) in [6, 6.07) is 16.1. The molecule has 2 rings (SSSR count). The number of hydrogen-bond acceptors (Lipinski definition) is 3. The second kappa shape index (κ2) is 8.17. The molecule has 0 spiro atoms. The fourth-order valence-corrected chi connectivity index (χ4v) is 2.39. The Bertz CT molecular complexity index is 558. The summed E-state index contributed by atoms with van der Waals surface area (Å²) in [5.74, 6) is 0.861. The highest BCUT2D eigenvalue weighted by Gasteiger charge is 2.06. The monoisotopic (exact) mass is 349 g/mol. The fraction of sp³-hybridized carbons (Fsp3) is 0.294. The third-order valence-corrected chi connectivity index (χ3v) is 3.51. The zero-order valence-electron chi connectivity index (χ0n) is 12.1. The van der Waals surface area contributed by atoms with Gasteiger partial charge in [0.2, 0.25) is 0 Å². The zero-order valence-corrected chi connectivity index (χ0v) is 13.6. The van der Waals surface area contributed by atoms with Crippen LogP contribution < -0.4 is 10.1 Å². The number of aliphatic hydroxyl groups excluding tert-OH is 1. The molecule has 0 aliphatic rings. The Labute approximate surface area is 134 Å². The Kier molecular flexibility index (Phi) is 6.23. The Morgan fingerprint density at radius 1 is 1.19 bits per heavy atom. The molecule has 0 fully saturated rings. The van der Waals surface area contributed by atoms with E-state index in [0.717, 1.165) is 21.3 Å². The first-order valence-corrected chi connectivity index (χ1v) is 7.78. The van der Waals surface area contributed by atoms with Gasteiger partial charge >= 0.3 is 0 Å². The average Bonchev–Trinajstić information content (AvgIpc) is 2.47. The smallest absolute Gasteiger partial charge is 0.124 e. The van der Waals surface area contributed by atoms with Crippen LogP contribution >= 0.6 is 15.9 Å². The molecule has 2 N–H and O–H groups in total. The Hall–Kier alpha value is -1.36. The van der Waals surface area contributed by atoms with Crippen LogP contribution in [-0.4, -0.2) is 17.8 Å². The predicted molar refractivity (Wildman–Crippen MR) is 88.3 cm³/mol. The van der Waals surface area contributed by atoms with Gasteiger partial charge in [0.05, 0.1) is 6.10 Å². The van der Waals surface area contributed by atoms with E-state index in [4.69, 9.17) is 4.74 Å². The molecule has 0 aliphatic heterocycles. The first kappa shape index (κ1) is 16.0. The van der Waals surface area contributed by atoms with Crippen molar-refractivity contribution in [2.75, 3.05) is 6.54 Å². The molecule has 0 amide bonds. The van der Waals surface area contributed by atoms with Crippen LogP contribution in [0.2, 0.25) is 0 Å². The lowest BCUT2D eigenvalue weighted by molar-refractivity contribution is 0.190. The van der Waals surface area contributed by atoms with Gasteiger partial charge in [0.15, 0.2) is 0 Å². The summed E-state index contributed by atoms with van der Waals surface area (Å²) in [5.41, 5.74) is 2.21. The molecular weight excluding hydrogens is 330 g/mol. The topological polar surface area (TPSA) is 41.5 Å². The summed E-state index contributed by atoms with van der Waals surface area (Å²) in [5, 5.41) is 12.5. The van der Waals surface area contributed by atoms with E-state index in [9.17, 15) is 5.11 Å². The van der Waals surface area contributed by atoms with Crippen molar-refractivity contribution in [1.82, 2.24) is 5.32 Å². The second-order valence-corrected chi connectivity index (χ2v) is 5.92. The first-order chi connectivity index (χ1) is 10.1. The van der Waals surface area contributed by atoms with E-state index in [1.54, 1.807) is 6.92 Å². The van der Waals surface area contributed by atoms with E-state index >= 15 is 0 Å². The molecule has 112 valence electrons. The fourth-order valence-electron chi connectivity index (χ4n) is 1.98. The highest BCUT2D eigenvalue weighted by Crippen LogP contribution is 2.24. The lowest BCUT2D eigenvalue weighted by atomic mass is 10.2. The van der Waals surface area contributed by atoms with Crippen LogP contribution in [0.5, 0.6) is 5.75 Å². The van der Waals surface area contributed by atoms with Crippen molar-refractivity contribution in [3.8, 4) is 5.75 Å². The Morgan fingerprint density at radius 3 is 2.67 bits per heavy atom. The summed E-state index contributed by atoms with van der Waals surface area (Å²) in [7, 11) is 0. The number of nitrogens with one attached hydrogen (secondary N) is 1. The summed E-state index contributed by atoms with van der Waals surface area (Å²) in [6.45, 7) is 3.53. The molecule has 3 nitrogen and oxygen atoms in total. The molecule has 1 unspecified atom stereocenters. The van der Waals surface area contributed by atoms with Crippen LogP contribution in [0.3, 0.4) is 0 Å². The Morgan fingerprint density at radius 2 is 1.95 bits per heavy atom. The van der Waals surface area contributed by atoms with Crippen molar-refractivity contribution in [2.45, 2.75) is 26.2 Å². The lowest BCUT2D eigenvalue weighted by Crippen LogP contribution is -2.24. The van der Waals surface area contributed by atoms with Gasteiger partial charge in [-0.2, -0.15) is 0 Å². The maximum atomic E-state index is 9.30. The minimum absolute atomic E-state index is 0.356. The van der Waals surface area contributed by atoms with Crippen molar-refractivity contribution < 1.29 is 9.84 Å². The van der Waals surface area contributed by atoms with E-state index in [2.05, 4.69) is 21.2 Å². The predicted octanol–water partition coefficient (Wildman–Crippen LogP) is 3.50. The van der Waals surface area contributed by atoms with Crippen LogP contribution in [0.1, 0.15) is 18.1 Å². The van der Waals surface area contributed by atoms with Gasteiger partial charge < -0.3 is 15.2 Å². The maximum absolute atomic E-state index is 9.30.